The molecule has 0 atom stereocenters. The standard InChI is InChI=1S/4C18H15OP.ClH3O4.Co/c4*19-20(16-10-4-1-5-11-16,17-12-6-2-7-13-17)18-14-8-3-9-15-18;2-1(3,4)5;/h4*1-15H;2-4H;/q;;;;;+2. The number of hydrogen-bond acceptors (Lipinski definition) is 8. The van der Waals surface area contributed by atoms with Crippen molar-refractivity contribution < 1.29 is 63.9 Å². The molecule has 0 unspecified atom stereocenters. The Kier molecular flexibility index (Phi) is 24.5. The Morgan fingerprint density at radius 3 is 0.302 bits per heavy atom. The van der Waals surface area contributed by atoms with E-state index < -0.39 is 38.8 Å². The average Bonchev–Trinajstić information content (AvgIpc) is 2.53. The minimum absolute atomic E-state index is 0. The quantitative estimate of drug-likeness (QED) is 0.102. The molecule has 0 saturated carbocycles. The minimum atomic E-state index is -4.19. The van der Waals surface area contributed by atoms with Gasteiger partial charge in [-0.25, -0.2) is 0 Å². The van der Waals surface area contributed by atoms with Crippen LogP contribution >= 0.6 is 28.6 Å². The Bertz CT molecular complexity index is 3130. The Labute approximate surface area is 516 Å². The monoisotopic (exact) mass is 1270 g/mol. The zero-order chi connectivity index (χ0) is 59.9. The van der Waals surface area contributed by atoms with Crippen LogP contribution in [0.2, 0.25) is 0 Å². The Morgan fingerprint density at radius 2 is 0.244 bits per heavy atom. The molecule has 12 rings (SSSR count). The SMILES string of the molecule is O=P(c1ccccc1)(c1ccccc1)c1ccccc1.O=P(c1ccccc1)(c1ccccc1)c1ccccc1.O=P(c1ccccc1)(c1ccccc1)c1ccccc1.O=P(c1ccccc1)(c1ccccc1)c1ccccc1.[Co+2].[O-][Cl+](O)(O)O. The summed E-state index contributed by atoms with van der Waals surface area (Å²) in [4.78, 5) is 0. The summed E-state index contributed by atoms with van der Waals surface area (Å²) in [5.41, 5.74) is 0. The van der Waals surface area contributed by atoms with E-state index >= 15 is 0 Å². The summed E-state index contributed by atoms with van der Waals surface area (Å²) in [6.07, 6.45) is 0. The fraction of sp³-hybridized carbons (Fsp3) is 0. The first-order valence-corrected chi connectivity index (χ1v) is 35.2. The van der Waals surface area contributed by atoms with Crippen LogP contribution in [0.1, 0.15) is 0 Å². The van der Waals surface area contributed by atoms with Crippen molar-refractivity contribution in [2.24, 2.45) is 0 Å². The maximum absolute atomic E-state index is 13.8. The second-order valence-corrected chi connectivity index (χ2v) is 30.8. The van der Waals surface area contributed by atoms with Gasteiger partial charge in [0.05, 0.1) is 0 Å². The van der Waals surface area contributed by atoms with Gasteiger partial charge in [-0.05, 0) is 0 Å². The molecule has 0 spiro atoms. The van der Waals surface area contributed by atoms with Crippen LogP contribution in [0.4, 0.5) is 0 Å². The van der Waals surface area contributed by atoms with Crippen LogP contribution in [0.3, 0.4) is 0 Å². The molecular formula is C72H63ClCoO8P4+2. The van der Waals surface area contributed by atoms with Crippen molar-refractivity contribution in [2.75, 3.05) is 0 Å². The van der Waals surface area contributed by atoms with Crippen LogP contribution in [-0.4, -0.2) is 14.0 Å². The third kappa shape index (κ3) is 16.8. The van der Waals surface area contributed by atoms with Gasteiger partial charge in [0, 0.05) is 63.7 Å². The molecule has 0 fully saturated rings. The number of halogens is 1. The van der Waals surface area contributed by atoms with Crippen molar-refractivity contribution >= 4 is 92.2 Å². The van der Waals surface area contributed by atoms with Gasteiger partial charge in [0.2, 0.25) is 0 Å². The molecule has 12 aromatic carbocycles. The van der Waals surface area contributed by atoms with E-state index in [-0.39, 0.29) is 16.8 Å². The van der Waals surface area contributed by atoms with E-state index in [1.54, 1.807) is 0 Å². The van der Waals surface area contributed by atoms with Crippen LogP contribution in [0.5, 0.6) is 0 Å². The Morgan fingerprint density at radius 1 is 0.186 bits per heavy atom. The van der Waals surface area contributed by atoms with Crippen LogP contribution in [0, 0.1) is 10.2 Å². The van der Waals surface area contributed by atoms with Crippen LogP contribution < -0.4 is 68.3 Å². The van der Waals surface area contributed by atoms with Crippen molar-refractivity contribution in [1.29, 1.82) is 0 Å². The molecule has 0 saturated heterocycles. The maximum atomic E-state index is 13.8. The van der Waals surface area contributed by atoms with E-state index in [9.17, 15) is 18.3 Å². The summed E-state index contributed by atoms with van der Waals surface area (Å²) in [6, 6.07) is 117. The van der Waals surface area contributed by atoms with Gasteiger partial charge in [-0.15, -0.1) is 0 Å². The van der Waals surface area contributed by atoms with E-state index in [2.05, 4.69) is 0 Å². The number of hydrogen-bond donors (Lipinski definition) is 3. The summed E-state index contributed by atoms with van der Waals surface area (Å²) in [5.74, 6) is 0. The summed E-state index contributed by atoms with van der Waals surface area (Å²) >= 11 is 0. The third-order valence-electron chi connectivity index (χ3n) is 13.4. The molecular weight excluding hydrogens is 1210 g/mol. The van der Waals surface area contributed by atoms with Gasteiger partial charge in [-0.3, -0.25) is 0 Å². The van der Waals surface area contributed by atoms with E-state index in [1.165, 1.54) is 0 Å². The molecule has 14 heteroatoms. The zero-order valence-electron chi connectivity index (χ0n) is 46.5. The van der Waals surface area contributed by atoms with Crippen LogP contribution in [0.25, 0.3) is 0 Å². The van der Waals surface area contributed by atoms with E-state index in [0.717, 1.165) is 63.7 Å². The van der Waals surface area contributed by atoms with Crippen LogP contribution in [0.15, 0.2) is 364 Å². The van der Waals surface area contributed by atoms with E-state index in [4.69, 9.17) is 18.6 Å². The molecule has 8 nitrogen and oxygen atoms in total. The molecule has 3 N–H and O–H groups in total. The third-order valence-corrected chi connectivity index (χ3v) is 25.7. The molecule has 86 heavy (non-hydrogen) atoms. The number of benzene rings is 12. The first kappa shape index (κ1) is 65.7. The second-order valence-electron chi connectivity index (χ2n) is 18.9. The van der Waals surface area contributed by atoms with Gasteiger partial charge < -0.3 is 18.3 Å². The van der Waals surface area contributed by atoms with Gasteiger partial charge in [-0.1, -0.05) is 364 Å². The normalized spacial score (nSPS) is 11.3. The van der Waals surface area contributed by atoms with Gasteiger partial charge in [0.15, 0.2) is 28.6 Å². The Balaban J connectivity index is 0.000000159. The molecule has 0 aliphatic carbocycles. The van der Waals surface area contributed by atoms with Gasteiger partial charge in [0.1, 0.15) is 0 Å². The van der Waals surface area contributed by atoms with Crippen molar-refractivity contribution in [3.63, 3.8) is 0 Å². The molecule has 0 aliphatic heterocycles. The zero-order valence-corrected chi connectivity index (χ0v) is 51.9. The molecule has 0 aliphatic rings. The summed E-state index contributed by atoms with van der Waals surface area (Å²) < 4.78 is 85.5. The first-order chi connectivity index (χ1) is 41.3. The number of rotatable bonds is 12. The molecule has 0 bridgehead atoms. The molecule has 1 radical (unpaired) electrons. The average molecular weight is 1270 g/mol. The molecule has 0 amide bonds. The predicted molar refractivity (Wildman–Crippen MR) is 350 cm³/mol. The predicted octanol–water partition coefficient (Wildman–Crippen LogP) is 10.4. The van der Waals surface area contributed by atoms with Gasteiger partial charge in [0.25, 0.3) is 0 Å². The summed E-state index contributed by atoms with van der Waals surface area (Å²) in [6.45, 7) is 0. The molecule has 0 aromatic heterocycles. The molecule has 12 aromatic rings. The van der Waals surface area contributed by atoms with Crippen molar-refractivity contribution in [3.8, 4) is 0 Å². The molecule has 0 heterocycles. The van der Waals surface area contributed by atoms with Crippen LogP contribution in [-0.2, 0) is 35.0 Å². The fourth-order valence-corrected chi connectivity index (χ4v) is 20.1. The van der Waals surface area contributed by atoms with E-state index in [1.807, 2.05) is 364 Å². The van der Waals surface area contributed by atoms with Gasteiger partial charge in [-0.2, -0.15) is 0 Å². The van der Waals surface area contributed by atoms with Crippen molar-refractivity contribution in [3.05, 3.63) is 364 Å². The topological polar surface area (TPSA) is 152 Å². The second kappa shape index (κ2) is 32.1. The first-order valence-electron chi connectivity index (χ1n) is 27.0. The summed E-state index contributed by atoms with van der Waals surface area (Å²) in [7, 11) is -15.3. The fourth-order valence-electron chi connectivity index (χ4n) is 9.44. The Hall–Kier alpha value is -7.80. The summed E-state index contributed by atoms with van der Waals surface area (Å²) in [5, 5.41) is 10.5. The van der Waals surface area contributed by atoms with Crippen molar-refractivity contribution in [1.82, 2.24) is 0 Å². The van der Waals surface area contributed by atoms with E-state index in [0.29, 0.717) is 0 Å². The van der Waals surface area contributed by atoms with Crippen molar-refractivity contribution in [2.45, 2.75) is 0 Å². The molecule has 433 valence electrons. The van der Waals surface area contributed by atoms with Gasteiger partial charge >= 0.3 is 45.7 Å².